The van der Waals surface area contributed by atoms with Crippen LogP contribution in [0.1, 0.15) is 20.8 Å². The van der Waals surface area contributed by atoms with E-state index in [1.165, 1.54) is 4.90 Å². The molecule has 0 spiro atoms. The Kier molecular flexibility index (Phi) is 4.72. The summed E-state index contributed by atoms with van der Waals surface area (Å²) < 4.78 is 22.9. The van der Waals surface area contributed by atoms with Gasteiger partial charge in [-0.15, -0.1) is 0 Å². The molecule has 6 nitrogen and oxygen atoms in total. The van der Waals surface area contributed by atoms with Crippen molar-refractivity contribution in [2.24, 2.45) is 5.92 Å². The maximum atomic E-state index is 11.8. The number of nitrogens with one attached hydrogen (secondary N) is 1. The monoisotopic (exact) mass is 276 g/mol. The molecule has 1 atom stereocenters. The van der Waals surface area contributed by atoms with E-state index in [0.717, 1.165) is 0 Å². The molecular formula is C11H20N2O4S. The number of sulfone groups is 1. The molecule has 1 N–H and O–H groups in total. The van der Waals surface area contributed by atoms with Gasteiger partial charge in [0.15, 0.2) is 9.84 Å². The van der Waals surface area contributed by atoms with E-state index in [4.69, 9.17) is 0 Å². The lowest BCUT2D eigenvalue weighted by Gasteiger charge is -2.37. The molecular weight excluding hydrogens is 256 g/mol. The molecule has 0 aromatic rings. The molecule has 104 valence electrons. The van der Waals surface area contributed by atoms with Crippen molar-refractivity contribution >= 4 is 21.7 Å². The maximum absolute atomic E-state index is 11.8. The minimum atomic E-state index is -3.13. The first-order valence-corrected chi connectivity index (χ1v) is 7.88. The van der Waals surface area contributed by atoms with Crippen LogP contribution >= 0.6 is 0 Å². The lowest BCUT2D eigenvalue weighted by atomic mass is 9.99. The predicted octanol–water partition coefficient (Wildman–Crippen LogP) is -0.596. The van der Waals surface area contributed by atoms with Gasteiger partial charge in [0.05, 0.1) is 12.3 Å². The van der Waals surface area contributed by atoms with Gasteiger partial charge in [-0.2, -0.15) is 0 Å². The van der Waals surface area contributed by atoms with Crippen LogP contribution in [0.3, 0.4) is 0 Å². The van der Waals surface area contributed by atoms with E-state index in [0.29, 0.717) is 0 Å². The quantitative estimate of drug-likeness (QED) is 0.727. The molecule has 1 saturated heterocycles. The normalized spacial score (nSPS) is 21.3. The molecule has 18 heavy (non-hydrogen) atoms. The third-order valence-electron chi connectivity index (χ3n) is 3.05. The number of nitrogens with zero attached hydrogens (tertiary/aromatic N) is 1. The summed E-state index contributed by atoms with van der Waals surface area (Å²) in [4.78, 5) is 24.9. The van der Waals surface area contributed by atoms with Crippen LogP contribution in [-0.4, -0.2) is 55.8 Å². The highest BCUT2D eigenvalue weighted by Gasteiger charge is 2.36. The first-order chi connectivity index (χ1) is 8.28. The summed E-state index contributed by atoms with van der Waals surface area (Å²) in [6.45, 7) is 5.29. The number of hydrogen-bond donors (Lipinski definition) is 1. The van der Waals surface area contributed by atoms with E-state index >= 15 is 0 Å². The van der Waals surface area contributed by atoms with Crippen LogP contribution in [0.4, 0.5) is 0 Å². The Hall–Kier alpha value is -1.11. The Balaban J connectivity index is 2.81. The van der Waals surface area contributed by atoms with Crippen LogP contribution in [0.5, 0.6) is 0 Å². The zero-order valence-corrected chi connectivity index (χ0v) is 11.8. The van der Waals surface area contributed by atoms with Crippen molar-refractivity contribution in [3.05, 3.63) is 0 Å². The van der Waals surface area contributed by atoms with Crippen molar-refractivity contribution in [2.45, 2.75) is 26.8 Å². The maximum Gasteiger partial charge on any atom is 0.243 e. The molecule has 1 unspecified atom stereocenters. The summed E-state index contributed by atoms with van der Waals surface area (Å²) in [5, 5.41) is 2.52. The smallest absolute Gasteiger partial charge is 0.243 e. The predicted molar refractivity (Wildman–Crippen MR) is 67.7 cm³/mol. The Labute approximate surface area is 108 Å². The summed E-state index contributed by atoms with van der Waals surface area (Å²) in [5.74, 6) is -0.518. The standard InChI is InChI=1S/C11H20N2O4S/c1-4-18(16,17)6-5-13-9(14)7-12-11(15)10(13)8(2)3/h8,10H,4-7H2,1-3H3,(H,12,15). The van der Waals surface area contributed by atoms with Crippen molar-refractivity contribution in [1.29, 1.82) is 0 Å². The summed E-state index contributed by atoms with van der Waals surface area (Å²) in [6.07, 6.45) is 0. The molecule has 1 aliphatic rings. The van der Waals surface area contributed by atoms with Crippen molar-refractivity contribution in [3.63, 3.8) is 0 Å². The second kappa shape index (κ2) is 5.69. The van der Waals surface area contributed by atoms with Crippen molar-refractivity contribution in [3.8, 4) is 0 Å². The Morgan fingerprint density at radius 3 is 2.50 bits per heavy atom. The van der Waals surface area contributed by atoms with Crippen LogP contribution < -0.4 is 5.32 Å². The van der Waals surface area contributed by atoms with Crippen LogP contribution in [0.15, 0.2) is 0 Å². The zero-order chi connectivity index (χ0) is 13.9. The van der Waals surface area contributed by atoms with E-state index in [1.807, 2.05) is 13.8 Å². The Morgan fingerprint density at radius 2 is 2.00 bits per heavy atom. The van der Waals surface area contributed by atoms with Crippen LogP contribution in [0.2, 0.25) is 0 Å². The van der Waals surface area contributed by atoms with Crippen molar-refractivity contribution < 1.29 is 18.0 Å². The molecule has 7 heteroatoms. The van der Waals surface area contributed by atoms with Gasteiger partial charge in [0.25, 0.3) is 0 Å². The Morgan fingerprint density at radius 1 is 1.39 bits per heavy atom. The Bertz CT molecular complexity index is 430. The molecule has 1 rings (SSSR count). The van der Waals surface area contributed by atoms with E-state index in [9.17, 15) is 18.0 Å². The number of hydrogen-bond acceptors (Lipinski definition) is 4. The molecule has 0 saturated carbocycles. The number of carbonyl (C=O) groups excluding carboxylic acids is 2. The van der Waals surface area contributed by atoms with Gasteiger partial charge in [-0.25, -0.2) is 8.42 Å². The molecule has 1 heterocycles. The number of carbonyl (C=O) groups is 2. The topological polar surface area (TPSA) is 83.6 Å². The summed E-state index contributed by atoms with van der Waals surface area (Å²) in [6, 6.07) is -0.571. The van der Waals surface area contributed by atoms with Gasteiger partial charge in [0.2, 0.25) is 11.8 Å². The van der Waals surface area contributed by atoms with Crippen LogP contribution in [0, 0.1) is 5.92 Å². The molecule has 1 aliphatic heterocycles. The van der Waals surface area contributed by atoms with Gasteiger partial charge in [0.1, 0.15) is 6.04 Å². The molecule has 1 fully saturated rings. The summed E-state index contributed by atoms with van der Waals surface area (Å²) >= 11 is 0. The molecule has 0 radical (unpaired) electrons. The van der Waals surface area contributed by atoms with Crippen molar-refractivity contribution in [1.82, 2.24) is 10.2 Å². The molecule has 0 aliphatic carbocycles. The highest BCUT2D eigenvalue weighted by atomic mass is 32.2. The largest absolute Gasteiger partial charge is 0.345 e. The highest BCUT2D eigenvalue weighted by Crippen LogP contribution is 2.15. The summed E-state index contributed by atoms with van der Waals surface area (Å²) in [7, 11) is -3.13. The van der Waals surface area contributed by atoms with E-state index in [1.54, 1.807) is 6.92 Å². The van der Waals surface area contributed by atoms with Gasteiger partial charge < -0.3 is 10.2 Å². The molecule has 0 bridgehead atoms. The van der Waals surface area contributed by atoms with Crippen LogP contribution in [0.25, 0.3) is 0 Å². The molecule has 2 amide bonds. The minimum absolute atomic E-state index is 0.0430. The second-order valence-electron chi connectivity index (χ2n) is 4.73. The zero-order valence-electron chi connectivity index (χ0n) is 11.0. The van der Waals surface area contributed by atoms with Gasteiger partial charge in [-0.3, -0.25) is 9.59 Å². The summed E-state index contributed by atoms with van der Waals surface area (Å²) in [5.41, 5.74) is 0. The van der Waals surface area contributed by atoms with Crippen molar-refractivity contribution in [2.75, 3.05) is 24.6 Å². The average Bonchev–Trinajstić information content (AvgIpc) is 2.29. The fourth-order valence-electron chi connectivity index (χ4n) is 1.97. The van der Waals surface area contributed by atoms with E-state index in [-0.39, 0.29) is 42.3 Å². The van der Waals surface area contributed by atoms with Gasteiger partial charge >= 0.3 is 0 Å². The highest BCUT2D eigenvalue weighted by molar-refractivity contribution is 7.91. The second-order valence-corrected chi connectivity index (χ2v) is 7.20. The first kappa shape index (κ1) is 14.9. The molecule has 0 aromatic carbocycles. The lowest BCUT2D eigenvalue weighted by Crippen LogP contribution is -2.61. The first-order valence-electron chi connectivity index (χ1n) is 6.06. The van der Waals surface area contributed by atoms with E-state index < -0.39 is 15.9 Å². The van der Waals surface area contributed by atoms with E-state index in [2.05, 4.69) is 5.32 Å². The number of rotatable bonds is 5. The van der Waals surface area contributed by atoms with Gasteiger partial charge in [-0.1, -0.05) is 20.8 Å². The number of amides is 2. The fourth-order valence-corrected chi connectivity index (χ4v) is 2.74. The minimum Gasteiger partial charge on any atom is -0.345 e. The third kappa shape index (κ3) is 3.44. The SMILES string of the molecule is CCS(=O)(=O)CCN1C(=O)CNC(=O)C1C(C)C. The van der Waals surface area contributed by atoms with Gasteiger partial charge in [-0.05, 0) is 5.92 Å². The average molecular weight is 276 g/mol. The fraction of sp³-hybridized carbons (Fsp3) is 0.818. The van der Waals surface area contributed by atoms with Gasteiger partial charge in [0, 0.05) is 12.3 Å². The van der Waals surface area contributed by atoms with Crippen LogP contribution in [-0.2, 0) is 19.4 Å². The molecule has 0 aromatic heterocycles. The lowest BCUT2D eigenvalue weighted by molar-refractivity contribution is -0.147. The number of piperazine rings is 1. The third-order valence-corrected chi connectivity index (χ3v) is 4.74.